The lowest BCUT2D eigenvalue weighted by molar-refractivity contribution is 0.917. The zero-order valence-corrected chi connectivity index (χ0v) is 10.2. The number of para-hydroxylation sites is 1. The summed E-state index contributed by atoms with van der Waals surface area (Å²) in [5.41, 5.74) is 1.16. The average Bonchev–Trinajstić information content (AvgIpc) is 2.57. The minimum atomic E-state index is 0.345. The van der Waals surface area contributed by atoms with Crippen molar-refractivity contribution in [2.45, 2.75) is 0 Å². The van der Waals surface area contributed by atoms with Crippen LogP contribution in [0.5, 0.6) is 0 Å². The SMILES string of the molecule is CSC(=N)N=c1sc2ccccc2n1C. The van der Waals surface area contributed by atoms with Crippen molar-refractivity contribution in [3.63, 3.8) is 0 Å². The predicted molar refractivity (Wildman–Crippen MR) is 67.6 cm³/mol. The molecule has 0 aliphatic carbocycles. The Kier molecular flexibility index (Phi) is 2.93. The Balaban J connectivity index is 2.68. The van der Waals surface area contributed by atoms with Crippen LogP contribution < -0.4 is 4.80 Å². The molecule has 0 saturated carbocycles. The van der Waals surface area contributed by atoms with E-state index in [0.717, 1.165) is 10.3 Å². The van der Waals surface area contributed by atoms with Crippen LogP contribution in [0, 0.1) is 5.41 Å². The summed E-state index contributed by atoms with van der Waals surface area (Å²) in [4.78, 5) is 5.11. The summed E-state index contributed by atoms with van der Waals surface area (Å²) in [5, 5.41) is 7.88. The molecule has 15 heavy (non-hydrogen) atoms. The smallest absolute Gasteiger partial charge is 0.192 e. The lowest BCUT2D eigenvalue weighted by atomic mass is 10.3. The van der Waals surface area contributed by atoms with Crippen molar-refractivity contribution in [3.05, 3.63) is 29.1 Å². The number of rotatable bonds is 0. The third-order valence-corrected chi connectivity index (χ3v) is 3.70. The van der Waals surface area contributed by atoms with Gasteiger partial charge in [0, 0.05) is 7.05 Å². The zero-order chi connectivity index (χ0) is 10.8. The number of amidine groups is 1. The van der Waals surface area contributed by atoms with Gasteiger partial charge in [-0.2, -0.15) is 4.99 Å². The monoisotopic (exact) mass is 237 g/mol. The number of thioether (sulfide) groups is 1. The Morgan fingerprint density at radius 2 is 2.20 bits per heavy atom. The highest BCUT2D eigenvalue weighted by atomic mass is 32.2. The van der Waals surface area contributed by atoms with E-state index in [0.29, 0.717) is 5.17 Å². The highest BCUT2D eigenvalue weighted by Gasteiger charge is 2.01. The van der Waals surface area contributed by atoms with E-state index in [2.05, 4.69) is 17.1 Å². The highest BCUT2D eigenvalue weighted by Crippen LogP contribution is 2.15. The molecule has 3 nitrogen and oxygen atoms in total. The molecule has 0 radical (unpaired) electrons. The van der Waals surface area contributed by atoms with E-state index in [1.54, 1.807) is 11.3 Å². The number of hydrogen-bond acceptors (Lipinski definition) is 3. The Hall–Kier alpha value is -1.07. The summed E-state index contributed by atoms with van der Waals surface area (Å²) in [6.45, 7) is 0. The van der Waals surface area contributed by atoms with Gasteiger partial charge >= 0.3 is 0 Å². The maximum absolute atomic E-state index is 7.53. The number of nitrogens with zero attached hydrogens (tertiary/aromatic N) is 2. The quantitative estimate of drug-likeness (QED) is 0.555. The van der Waals surface area contributed by atoms with E-state index < -0.39 is 0 Å². The van der Waals surface area contributed by atoms with Gasteiger partial charge in [-0.25, -0.2) is 0 Å². The second kappa shape index (κ2) is 4.20. The van der Waals surface area contributed by atoms with Crippen LogP contribution in [0.4, 0.5) is 0 Å². The summed E-state index contributed by atoms with van der Waals surface area (Å²) in [7, 11) is 1.98. The van der Waals surface area contributed by atoms with E-state index in [4.69, 9.17) is 5.41 Å². The first-order valence-electron chi connectivity index (χ1n) is 4.44. The second-order valence-corrected chi connectivity index (χ2v) is 4.84. The molecule has 2 aromatic rings. The van der Waals surface area contributed by atoms with Crippen LogP contribution >= 0.6 is 23.1 Å². The summed E-state index contributed by atoms with van der Waals surface area (Å²) in [6.07, 6.45) is 1.86. The number of aromatic nitrogens is 1. The summed E-state index contributed by atoms with van der Waals surface area (Å²) >= 11 is 2.96. The minimum absolute atomic E-state index is 0.345. The number of aryl methyl sites for hydroxylation is 1. The lowest BCUT2D eigenvalue weighted by Gasteiger charge is -1.93. The molecule has 1 aromatic carbocycles. The molecule has 0 saturated heterocycles. The Labute approximate surface area is 96.0 Å². The summed E-state index contributed by atoms with van der Waals surface area (Å²) in [6, 6.07) is 8.16. The number of hydrogen-bond donors (Lipinski definition) is 1. The van der Waals surface area contributed by atoms with Crippen molar-refractivity contribution >= 4 is 38.5 Å². The molecule has 1 heterocycles. The minimum Gasteiger partial charge on any atom is -0.319 e. The molecule has 78 valence electrons. The summed E-state index contributed by atoms with van der Waals surface area (Å²) < 4.78 is 3.22. The van der Waals surface area contributed by atoms with Gasteiger partial charge in [0.2, 0.25) is 0 Å². The van der Waals surface area contributed by atoms with Crippen LogP contribution in [0.25, 0.3) is 10.2 Å². The van der Waals surface area contributed by atoms with E-state index in [1.807, 2.05) is 30.0 Å². The number of nitrogens with one attached hydrogen (secondary N) is 1. The van der Waals surface area contributed by atoms with Gasteiger partial charge in [0.05, 0.1) is 10.2 Å². The van der Waals surface area contributed by atoms with Gasteiger partial charge in [0.25, 0.3) is 0 Å². The average molecular weight is 237 g/mol. The highest BCUT2D eigenvalue weighted by molar-refractivity contribution is 8.13. The predicted octanol–water partition coefficient (Wildman–Crippen LogP) is 2.44. The van der Waals surface area contributed by atoms with Gasteiger partial charge in [-0.15, -0.1) is 0 Å². The fourth-order valence-corrected chi connectivity index (χ4v) is 2.58. The molecule has 0 amide bonds. The van der Waals surface area contributed by atoms with Crippen LogP contribution in [0.15, 0.2) is 29.3 Å². The van der Waals surface area contributed by atoms with Gasteiger partial charge in [0.15, 0.2) is 9.97 Å². The first-order chi connectivity index (χ1) is 7.22. The number of fused-ring (bicyclic) bond motifs is 1. The lowest BCUT2D eigenvalue weighted by Crippen LogP contribution is -2.11. The first kappa shape index (κ1) is 10.4. The van der Waals surface area contributed by atoms with Crippen LogP contribution in [0.1, 0.15) is 0 Å². The van der Waals surface area contributed by atoms with Crippen molar-refractivity contribution in [3.8, 4) is 0 Å². The maximum Gasteiger partial charge on any atom is 0.192 e. The van der Waals surface area contributed by atoms with Crippen LogP contribution in [0.2, 0.25) is 0 Å². The van der Waals surface area contributed by atoms with Crippen LogP contribution in [0.3, 0.4) is 0 Å². The van der Waals surface area contributed by atoms with Gasteiger partial charge in [-0.3, -0.25) is 5.41 Å². The molecule has 0 aliphatic heterocycles. The van der Waals surface area contributed by atoms with Gasteiger partial charge in [-0.1, -0.05) is 35.2 Å². The van der Waals surface area contributed by atoms with Gasteiger partial charge < -0.3 is 4.57 Å². The molecular weight excluding hydrogens is 226 g/mol. The molecule has 0 atom stereocenters. The normalized spacial score (nSPS) is 12.3. The molecule has 0 unspecified atom stereocenters. The molecule has 1 aromatic heterocycles. The third-order valence-electron chi connectivity index (χ3n) is 2.11. The van der Waals surface area contributed by atoms with Gasteiger partial charge in [-0.05, 0) is 18.4 Å². The maximum atomic E-state index is 7.53. The fraction of sp³-hybridized carbons (Fsp3) is 0.200. The molecule has 2 rings (SSSR count). The van der Waals surface area contributed by atoms with Crippen molar-refractivity contribution in [1.29, 1.82) is 5.41 Å². The first-order valence-corrected chi connectivity index (χ1v) is 6.48. The fourth-order valence-electron chi connectivity index (χ4n) is 1.32. The molecular formula is C10H11N3S2. The van der Waals surface area contributed by atoms with Crippen molar-refractivity contribution in [2.75, 3.05) is 6.26 Å². The van der Waals surface area contributed by atoms with E-state index >= 15 is 0 Å². The van der Waals surface area contributed by atoms with Gasteiger partial charge in [0.1, 0.15) is 0 Å². The second-order valence-electron chi connectivity index (χ2n) is 3.03. The Morgan fingerprint density at radius 1 is 1.47 bits per heavy atom. The Morgan fingerprint density at radius 3 is 2.87 bits per heavy atom. The zero-order valence-electron chi connectivity index (χ0n) is 8.52. The van der Waals surface area contributed by atoms with Crippen LogP contribution in [-0.4, -0.2) is 16.0 Å². The van der Waals surface area contributed by atoms with E-state index in [9.17, 15) is 0 Å². The van der Waals surface area contributed by atoms with Crippen molar-refractivity contribution in [2.24, 2.45) is 12.0 Å². The molecule has 1 N–H and O–H groups in total. The number of thiazole rings is 1. The number of benzene rings is 1. The summed E-state index contributed by atoms with van der Waals surface area (Å²) in [5.74, 6) is 0. The topological polar surface area (TPSA) is 41.1 Å². The Bertz CT molecular complexity index is 565. The molecule has 0 fully saturated rings. The molecule has 0 bridgehead atoms. The molecule has 0 spiro atoms. The van der Waals surface area contributed by atoms with E-state index in [1.165, 1.54) is 16.5 Å². The van der Waals surface area contributed by atoms with E-state index in [-0.39, 0.29) is 0 Å². The standard InChI is InChI=1S/C10H11N3S2/c1-13-7-5-3-4-6-8(7)15-10(13)12-9(11)14-2/h3-6,11H,1-2H3. The van der Waals surface area contributed by atoms with Crippen LogP contribution in [-0.2, 0) is 7.05 Å². The van der Waals surface area contributed by atoms with Crippen molar-refractivity contribution < 1.29 is 0 Å². The molecule has 0 aliphatic rings. The molecule has 5 heteroatoms. The van der Waals surface area contributed by atoms with Crippen molar-refractivity contribution in [1.82, 2.24) is 4.57 Å². The third kappa shape index (κ3) is 1.98. The largest absolute Gasteiger partial charge is 0.319 e.